The molecule has 1 spiro atoms. The summed E-state index contributed by atoms with van der Waals surface area (Å²) in [6, 6.07) is 8.63. The van der Waals surface area contributed by atoms with Crippen LogP contribution in [-0.2, 0) is 19.4 Å². The van der Waals surface area contributed by atoms with Crippen molar-refractivity contribution >= 4 is 28.9 Å². The number of aromatic nitrogens is 3. The first-order valence-electron chi connectivity index (χ1n) is 11.5. The fraction of sp³-hybridized carbons (Fsp3) is 0.417. The molecule has 2 aromatic heterocycles. The molecule has 9 heteroatoms. The maximum absolute atomic E-state index is 13.1. The lowest BCUT2D eigenvalue weighted by Gasteiger charge is -2.42. The normalized spacial score (nSPS) is 21.2. The second-order valence-corrected chi connectivity index (χ2v) is 10.3. The Morgan fingerprint density at radius 2 is 1.97 bits per heavy atom. The van der Waals surface area contributed by atoms with Gasteiger partial charge in [-0.25, -0.2) is 15.0 Å². The highest BCUT2D eigenvalue weighted by molar-refractivity contribution is 7.09. The standard InChI is InChI=1S/C24H27N7OS/c25-21-16-4-2-1-3-15(16)11-24(21)6-9-30(10-7-24)19-12-27-20(22(26)29-19)23(32)31-8-5-17-18(13-31)33-14-28-17/h1-4,12,14,21H,5-11,13,25H2,(H2,26,29). The first kappa shape index (κ1) is 20.6. The number of hydrogen-bond donors (Lipinski definition) is 2. The van der Waals surface area contributed by atoms with Crippen molar-refractivity contribution < 1.29 is 4.79 Å². The number of anilines is 2. The first-order chi connectivity index (χ1) is 16.0. The van der Waals surface area contributed by atoms with Gasteiger partial charge in [-0.2, -0.15) is 0 Å². The number of piperidine rings is 1. The number of fused-ring (bicyclic) bond motifs is 2. The van der Waals surface area contributed by atoms with Gasteiger partial charge in [0.1, 0.15) is 5.82 Å². The van der Waals surface area contributed by atoms with Crippen LogP contribution in [0, 0.1) is 5.41 Å². The topological polar surface area (TPSA) is 114 Å². The van der Waals surface area contributed by atoms with Gasteiger partial charge in [0.15, 0.2) is 11.5 Å². The summed E-state index contributed by atoms with van der Waals surface area (Å²) in [5.74, 6) is 0.752. The number of nitrogen functional groups attached to an aromatic ring is 1. The molecule has 1 aromatic carbocycles. The van der Waals surface area contributed by atoms with E-state index in [4.69, 9.17) is 11.5 Å². The van der Waals surface area contributed by atoms with Gasteiger partial charge in [0.25, 0.3) is 5.91 Å². The number of carbonyl (C=O) groups excluding carboxylic acids is 1. The Labute approximate surface area is 196 Å². The highest BCUT2D eigenvalue weighted by Crippen LogP contribution is 2.50. The summed E-state index contributed by atoms with van der Waals surface area (Å²) >= 11 is 1.58. The maximum atomic E-state index is 13.1. The highest BCUT2D eigenvalue weighted by Gasteiger charge is 2.46. The average Bonchev–Trinajstić information content (AvgIpc) is 3.41. The van der Waals surface area contributed by atoms with Gasteiger partial charge in [-0.1, -0.05) is 24.3 Å². The minimum absolute atomic E-state index is 0.0793. The molecule has 33 heavy (non-hydrogen) atoms. The molecule has 0 saturated carbocycles. The molecule has 4 heterocycles. The summed E-state index contributed by atoms with van der Waals surface area (Å²) in [5.41, 5.74) is 18.9. The fourth-order valence-corrected chi connectivity index (χ4v) is 6.47. The summed E-state index contributed by atoms with van der Waals surface area (Å²) in [6.45, 7) is 2.88. The summed E-state index contributed by atoms with van der Waals surface area (Å²) in [7, 11) is 0. The third-order valence-electron chi connectivity index (χ3n) is 7.63. The number of carbonyl (C=O) groups is 1. The Balaban J connectivity index is 1.15. The summed E-state index contributed by atoms with van der Waals surface area (Å²) in [6.07, 6.45) is 5.48. The van der Waals surface area contributed by atoms with Gasteiger partial charge < -0.3 is 21.3 Å². The molecule has 4 N–H and O–H groups in total. The van der Waals surface area contributed by atoms with Crippen molar-refractivity contribution in [3.05, 3.63) is 63.4 Å². The van der Waals surface area contributed by atoms with Crippen LogP contribution in [0.2, 0.25) is 0 Å². The molecule has 8 nitrogen and oxygen atoms in total. The van der Waals surface area contributed by atoms with Crippen molar-refractivity contribution in [3.63, 3.8) is 0 Å². The molecular formula is C24H27N7OS. The van der Waals surface area contributed by atoms with Gasteiger partial charge in [0.2, 0.25) is 0 Å². The molecule has 170 valence electrons. The summed E-state index contributed by atoms with van der Waals surface area (Å²) < 4.78 is 0. The molecule has 1 fully saturated rings. The zero-order chi connectivity index (χ0) is 22.6. The monoisotopic (exact) mass is 461 g/mol. The van der Waals surface area contributed by atoms with E-state index >= 15 is 0 Å². The molecule has 6 rings (SSSR count). The van der Waals surface area contributed by atoms with E-state index in [1.807, 2.05) is 5.51 Å². The molecule has 3 aromatic rings. The minimum atomic E-state index is -0.169. The van der Waals surface area contributed by atoms with Crippen LogP contribution in [0.3, 0.4) is 0 Å². The second kappa shape index (κ2) is 7.78. The van der Waals surface area contributed by atoms with Crippen LogP contribution < -0.4 is 16.4 Å². The SMILES string of the molecule is Nc1nc(N2CCC3(CC2)Cc2ccccc2C3N)cnc1C(=O)N1CCc2ncsc2C1. The van der Waals surface area contributed by atoms with E-state index in [2.05, 4.69) is 44.1 Å². The van der Waals surface area contributed by atoms with Crippen molar-refractivity contribution in [1.29, 1.82) is 0 Å². The highest BCUT2D eigenvalue weighted by atomic mass is 32.1. The molecule has 0 radical (unpaired) electrons. The second-order valence-electron chi connectivity index (χ2n) is 9.36. The van der Waals surface area contributed by atoms with Crippen LogP contribution in [0.1, 0.15) is 51.1 Å². The Hall–Kier alpha value is -3.04. The van der Waals surface area contributed by atoms with Gasteiger partial charge >= 0.3 is 0 Å². The van der Waals surface area contributed by atoms with Crippen LogP contribution in [-0.4, -0.2) is 45.4 Å². The van der Waals surface area contributed by atoms with Crippen molar-refractivity contribution in [3.8, 4) is 0 Å². The van der Waals surface area contributed by atoms with Crippen molar-refractivity contribution in [2.75, 3.05) is 30.3 Å². The molecule has 1 atom stereocenters. The van der Waals surface area contributed by atoms with Crippen LogP contribution >= 0.6 is 11.3 Å². The molecule has 0 bridgehead atoms. The van der Waals surface area contributed by atoms with Crippen molar-refractivity contribution in [2.24, 2.45) is 11.1 Å². The largest absolute Gasteiger partial charge is 0.382 e. The Morgan fingerprint density at radius 1 is 1.15 bits per heavy atom. The van der Waals surface area contributed by atoms with Gasteiger partial charge in [-0.3, -0.25) is 4.79 Å². The molecule has 1 aliphatic carbocycles. The van der Waals surface area contributed by atoms with E-state index in [-0.39, 0.29) is 28.9 Å². The van der Waals surface area contributed by atoms with Crippen LogP contribution in [0.5, 0.6) is 0 Å². The van der Waals surface area contributed by atoms with Crippen molar-refractivity contribution in [1.82, 2.24) is 19.9 Å². The zero-order valence-corrected chi connectivity index (χ0v) is 19.2. The van der Waals surface area contributed by atoms with Gasteiger partial charge in [0.05, 0.1) is 23.9 Å². The van der Waals surface area contributed by atoms with Gasteiger partial charge in [-0.15, -0.1) is 11.3 Å². The summed E-state index contributed by atoms with van der Waals surface area (Å²) in [5, 5.41) is 0. The maximum Gasteiger partial charge on any atom is 0.276 e. The lowest BCUT2D eigenvalue weighted by atomic mass is 9.73. The number of amides is 1. The van der Waals surface area contributed by atoms with E-state index in [1.165, 1.54) is 11.1 Å². The first-order valence-corrected chi connectivity index (χ1v) is 12.3. The quantitative estimate of drug-likeness (QED) is 0.603. The Morgan fingerprint density at radius 3 is 2.76 bits per heavy atom. The smallest absolute Gasteiger partial charge is 0.276 e. The third kappa shape index (κ3) is 3.38. The number of benzene rings is 1. The van der Waals surface area contributed by atoms with E-state index in [9.17, 15) is 4.79 Å². The molecular weight excluding hydrogens is 434 g/mol. The van der Waals surface area contributed by atoms with Gasteiger partial charge in [0, 0.05) is 37.0 Å². The van der Waals surface area contributed by atoms with E-state index in [0.29, 0.717) is 13.1 Å². The third-order valence-corrected chi connectivity index (χ3v) is 8.49. The van der Waals surface area contributed by atoms with E-state index < -0.39 is 0 Å². The van der Waals surface area contributed by atoms with E-state index in [1.54, 1.807) is 22.4 Å². The average molecular weight is 462 g/mol. The molecule has 3 aliphatic rings. The Kier molecular flexibility index (Phi) is 4.84. The number of hydrogen-bond acceptors (Lipinski definition) is 8. The molecule has 1 unspecified atom stereocenters. The predicted molar refractivity (Wildman–Crippen MR) is 128 cm³/mol. The summed E-state index contributed by atoms with van der Waals surface area (Å²) in [4.78, 5) is 31.6. The Bertz CT molecular complexity index is 1220. The molecule has 2 aliphatic heterocycles. The minimum Gasteiger partial charge on any atom is -0.382 e. The lowest BCUT2D eigenvalue weighted by molar-refractivity contribution is 0.0731. The predicted octanol–water partition coefficient (Wildman–Crippen LogP) is 2.56. The van der Waals surface area contributed by atoms with E-state index in [0.717, 1.165) is 55.2 Å². The molecule has 1 amide bonds. The molecule has 1 saturated heterocycles. The lowest BCUT2D eigenvalue weighted by Crippen LogP contribution is -2.44. The van der Waals surface area contributed by atoms with Crippen molar-refractivity contribution in [2.45, 2.75) is 38.3 Å². The van der Waals surface area contributed by atoms with Crippen LogP contribution in [0.4, 0.5) is 11.6 Å². The van der Waals surface area contributed by atoms with Crippen LogP contribution in [0.15, 0.2) is 36.0 Å². The number of rotatable bonds is 2. The van der Waals surface area contributed by atoms with Gasteiger partial charge in [-0.05, 0) is 35.8 Å². The number of nitrogens with zero attached hydrogens (tertiary/aromatic N) is 5. The number of thiazole rings is 1. The van der Waals surface area contributed by atoms with Crippen LogP contribution in [0.25, 0.3) is 0 Å². The zero-order valence-electron chi connectivity index (χ0n) is 18.4. The fourth-order valence-electron chi connectivity index (χ4n) is 5.64. The number of nitrogens with two attached hydrogens (primary N) is 2.